The highest BCUT2D eigenvalue weighted by molar-refractivity contribution is 5.78. The lowest BCUT2D eigenvalue weighted by Crippen LogP contribution is -1.82. The lowest BCUT2D eigenvalue weighted by Gasteiger charge is -1.64. The molecule has 0 spiro atoms. The maximum absolute atomic E-state index is 9.25. The molecule has 3 heteroatoms. The third kappa shape index (κ3) is 39.0. The second-order valence-corrected chi connectivity index (χ2v) is 0.542. The monoisotopic (exact) mass is 104 g/mol. The molecule has 0 heterocycles. The van der Waals surface area contributed by atoms with Crippen LogP contribution in [-0.2, 0) is 4.79 Å². The van der Waals surface area contributed by atoms with Gasteiger partial charge in [-0.2, -0.15) is 0 Å². The van der Waals surface area contributed by atoms with Crippen LogP contribution in [0.3, 0.4) is 0 Å². The van der Waals surface area contributed by atoms with Gasteiger partial charge in [0.15, 0.2) is 7.18 Å². The molecular weight excluding hydrogens is 99.0 g/mol. The molecule has 0 aliphatic heterocycles. The zero-order valence-corrected chi connectivity index (χ0v) is 3.60. The SMILES string of the molecule is C=CC(=O)O.[CH]F. The van der Waals surface area contributed by atoms with Crippen molar-refractivity contribution in [1.29, 1.82) is 0 Å². The van der Waals surface area contributed by atoms with Crippen molar-refractivity contribution in [2.75, 3.05) is 0 Å². The van der Waals surface area contributed by atoms with Gasteiger partial charge in [-0.3, -0.25) is 0 Å². The normalized spacial score (nSPS) is 5.43. The van der Waals surface area contributed by atoms with E-state index in [1.807, 2.05) is 0 Å². The summed E-state index contributed by atoms with van der Waals surface area (Å²) in [6, 6.07) is 0. The summed E-state index contributed by atoms with van der Waals surface area (Å²) in [7, 11) is 3.00. The van der Waals surface area contributed by atoms with E-state index in [4.69, 9.17) is 9.50 Å². The zero-order chi connectivity index (χ0) is 6.28. The molecule has 0 aliphatic rings. The molecule has 0 aromatic heterocycles. The van der Waals surface area contributed by atoms with Crippen molar-refractivity contribution in [2.45, 2.75) is 0 Å². The molecule has 0 bridgehead atoms. The molecule has 0 fully saturated rings. The summed E-state index contributed by atoms with van der Waals surface area (Å²) in [6.07, 6.45) is 0.833. The molecule has 0 aromatic carbocycles. The Kier molecular flexibility index (Phi) is 12.1. The average Bonchev–Trinajstić information content (AvgIpc) is 1.73. The number of rotatable bonds is 1. The van der Waals surface area contributed by atoms with Crippen LogP contribution in [-0.4, -0.2) is 11.1 Å². The fourth-order valence-corrected chi connectivity index (χ4v) is 0. The van der Waals surface area contributed by atoms with Crippen molar-refractivity contribution in [3.05, 3.63) is 19.8 Å². The van der Waals surface area contributed by atoms with E-state index in [9.17, 15) is 4.79 Å². The van der Waals surface area contributed by atoms with Gasteiger partial charge < -0.3 is 5.11 Å². The van der Waals surface area contributed by atoms with Gasteiger partial charge in [-0.05, 0) is 0 Å². The number of carboxylic acids is 1. The highest BCUT2D eigenvalue weighted by Crippen LogP contribution is 1.54. The first-order valence-electron chi connectivity index (χ1n) is 1.34. The Morgan fingerprint density at radius 1 is 1.86 bits per heavy atom. The third-order valence-electron chi connectivity index (χ3n) is 0.175. The van der Waals surface area contributed by atoms with Gasteiger partial charge in [-0.15, -0.1) is 0 Å². The van der Waals surface area contributed by atoms with Gasteiger partial charge in [0.25, 0.3) is 0 Å². The molecular formula is C4H5FO2. The largest absolute Gasteiger partial charge is 0.478 e. The van der Waals surface area contributed by atoms with Crippen molar-refractivity contribution in [3.63, 3.8) is 0 Å². The number of halogens is 1. The quantitative estimate of drug-likeness (QED) is 0.501. The number of hydrogen-bond donors (Lipinski definition) is 1. The molecule has 0 atom stereocenters. The average molecular weight is 104 g/mol. The van der Waals surface area contributed by atoms with E-state index in [-0.39, 0.29) is 0 Å². The molecule has 0 aliphatic carbocycles. The highest BCUT2D eigenvalue weighted by Gasteiger charge is 1.73. The first kappa shape index (κ1) is 9.46. The van der Waals surface area contributed by atoms with Crippen LogP contribution >= 0.6 is 0 Å². The molecule has 0 unspecified atom stereocenters. The molecule has 0 aromatic rings. The number of carbonyl (C=O) groups is 1. The lowest BCUT2D eigenvalue weighted by molar-refractivity contribution is -0.131. The summed E-state index contributed by atoms with van der Waals surface area (Å²) in [4.78, 5) is 9.25. The van der Waals surface area contributed by atoms with Gasteiger partial charge in [-0.1, -0.05) is 6.58 Å². The minimum Gasteiger partial charge on any atom is -0.478 e. The van der Waals surface area contributed by atoms with Crippen LogP contribution in [0.25, 0.3) is 0 Å². The topological polar surface area (TPSA) is 37.3 Å². The van der Waals surface area contributed by atoms with E-state index in [2.05, 4.69) is 13.8 Å². The molecule has 0 amide bonds. The van der Waals surface area contributed by atoms with Gasteiger partial charge in [0.1, 0.15) is 0 Å². The molecule has 1 N–H and O–H groups in total. The third-order valence-corrected chi connectivity index (χ3v) is 0.175. The van der Waals surface area contributed by atoms with Crippen molar-refractivity contribution in [3.8, 4) is 0 Å². The minimum atomic E-state index is -0.981. The van der Waals surface area contributed by atoms with Gasteiger partial charge in [0.2, 0.25) is 0 Å². The highest BCUT2D eigenvalue weighted by atomic mass is 19.1. The zero-order valence-electron chi connectivity index (χ0n) is 3.60. The molecule has 40 valence electrons. The van der Waals surface area contributed by atoms with Crippen molar-refractivity contribution in [2.24, 2.45) is 0 Å². The Balaban J connectivity index is 0. The van der Waals surface area contributed by atoms with Crippen LogP contribution in [0.15, 0.2) is 12.7 Å². The van der Waals surface area contributed by atoms with Crippen molar-refractivity contribution in [1.82, 2.24) is 0 Å². The number of aliphatic carboxylic acids is 1. The van der Waals surface area contributed by atoms with E-state index in [1.54, 1.807) is 0 Å². The van der Waals surface area contributed by atoms with Gasteiger partial charge in [0.05, 0.1) is 0 Å². The predicted octanol–water partition coefficient (Wildman–Crippen LogP) is 0.881. The molecule has 2 nitrogen and oxygen atoms in total. The predicted molar refractivity (Wildman–Crippen MR) is 23.2 cm³/mol. The summed E-state index contributed by atoms with van der Waals surface area (Å²) in [5, 5.41) is 7.60. The van der Waals surface area contributed by atoms with Gasteiger partial charge >= 0.3 is 5.97 Å². The summed E-state index contributed by atoms with van der Waals surface area (Å²) in [5.41, 5.74) is 0. The fraction of sp³-hybridized carbons (Fsp3) is 0. The van der Waals surface area contributed by atoms with E-state index < -0.39 is 5.97 Å². The van der Waals surface area contributed by atoms with E-state index in [0.717, 1.165) is 6.08 Å². The minimum absolute atomic E-state index is 0.833. The van der Waals surface area contributed by atoms with E-state index in [1.165, 1.54) is 0 Å². The Morgan fingerprint density at radius 2 is 2.00 bits per heavy atom. The molecule has 0 rings (SSSR count). The second kappa shape index (κ2) is 8.94. The van der Waals surface area contributed by atoms with E-state index >= 15 is 0 Å². The summed E-state index contributed by atoms with van der Waals surface area (Å²) in [6.45, 7) is 2.96. The standard InChI is InChI=1S/C3H4O2.CHF/c1-2-3(4)5;1-2/h2H,1H2,(H,4,5);1H. The molecule has 2 radical (unpaired) electrons. The summed E-state index contributed by atoms with van der Waals surface area (Å²) < 4.78 is 9.00. The van der Waals surface area contributed by atoms with Crippen LogP contribution in [0.2, 0.25) is 0 Å². The summed E-state index contributed by atoms with van der Waals surface area (Å²) in [5.74, 6) is -0.981. The van der Waals surface area contributed by atoms with E-state index in [0.29, 0.717) is 0 Å². The first-order chi connectivity index (χ1) is 3.27. The second-order valence-electron chi connectivity index (χ2n) is 0.542. The Hall–Kier alpha value is -0.860. The summed E-state index contributed by atoms with van der Waals surface area (Å²) >= 11 is 0. The Morgan fingerprint density at radius 3 is 2.00 bits per heavy atom. The molecule has 0 saturated carbocycles. The van der Waals surface area contributed by atoms with Crippen LogP contribution in [0, 0.1) is 7.18 Å². The van der Waals surface area contributed by atoms with Crippen molar-refractivity contribution >= 4 is 5.97 Å². The first-order valence-corrected chi connectivity index (χ1v) is 1.34. The molecule has 0 saturated heterocycles. The number of carboxylic acid groups (broad SMARTS) is 1. The van der Waals surface area contributed by atoms with Crippen LogP contribution < -0.4 is 0 Å². The van der Waals surface area contributed by atoms with Gasteiger partial charge in [0, 0.05) is 6.08 Å². The molecule has 7 heavy (non-hydrogen) atoms. The lowest BCUT2D eigenvalue weighted by atomic mass is 10.7. The van der Waals surface area contributed by atoms with Crippen LogP contribution in [0.4, 0.5) is 4.39 Å². The smallest absolute Gasteiger partial charge is 0.327 e. The fourth-order valence-electron chi connectivity index (χ4n) is 0. The van der Waals surface area contributed by atoms with Crippen LogP contribution in [0.5, 0.6) is 0 Å². The van der Waals surface area contributed by atoms with Crippen molar-refractivity contribution < 1.29 is 14.3 Å². The van der Waals surface area contributed by atoms with Gasteiger partial charge in [-0.25, -0.2) is 9.18 Å². The Labute approximate surface area is 41.3 Å². The maximum atomic E-state index is 9.25. The van der Waals surface area contributed by atoms with Crippen LogP contribution in [0.1, 0.15) is 0 Å². The Bertz CT molecular complexity index is 60.7. The maximum Gasteiger partial charge on any atom is 0.327 e. The number of hydrogen-bond acceptors (Lipinski definition) is 1.